The van der Waals surface area contributed by atoms with E-state index in [1.165, 1.54) is 0 Å². The Bertz CT molecular complexity index is 360. The van der Waals surface area contributed by atoms with Gasteiger partial charge in [-0.1, -0.05) is 15.9 Å². The second-order valence-corrected chi connectivity index (χ2v) is 5.09. The van der Waals surface area contributed by atoms with E-state index in [-0.39, 0.29) is 0 Å². The molecule has 0 saturated carbocycles. The lowest BCUT2D eigenvalue weighted by Gasteiger charge is -2.37. The molecule has 1 aliphatic heterocycles. The van der Waals surface area contributed by atoms with Gasteiger partial charge in [-0.15, -0.1) is 0 Å². The van der Waals surface area contributed by atoms with E-state index in [0.717, 1.165) is 15.8 Å². The number of hydrogen-bond donors (Lipinski definition) is 1. The average Bonchev–Trinajstić information content (AvgIpc) is 2.08. The molecule has 0 aromatic heterocycles. The fourth-order valence-corrected chi connectivity index (χ4v) is 2.02. The highest BCUT2D eigenvalue weighted by Gasteiger charge is 2.35. The van der Waals surface area contributed by atoms with Gasteiger partial charge in [0, 0.05) is 10.9 Å². The van der Waals surface area contributed by atoms with Crippen LogP contribution in [-0.2, 0) is 6.42 Å². The summed E-state index contributed by atoms with van der Waals surface area (Å²) in [5.74, 6) is 0.878. The van der Waals surface area contributed by atoms with Crippen LogP contribution in [0.3, 0.4) is 0 Å². The molecule has 0 aliphatic carbocycles. The summed E-state index contributed by atoms with van der Waals surface area (Å²) in [7, 11) is 0. The van der Waals surface area contributed by atoms with Gasteiger partial charge in [0.2, 0.25) is 0 Å². The molecule has 0 amide bonds. The molecule has 76 valence electrons. The Morgan fingerprint density at radius 2 is 2.21 bits per heavy atom. The summed E-state index contributed by atoms with van der Waals surface area (Å²) in [6.07, 6.45) is 0.214. The monoisotopic (exact) mass is 256 g/mol. The van der Waals surface area contributed by atoms with Crippen molar-refractivity contribution in [2.75, 3.05) is 0 Å². The molecular weight excluding hydrogens is 244 g/mol. The molecule has 1 aromatic carbocycles. The van der Waals surface area contributed by atoms with Gasteiger partial charge in [0.15, 0.2) is 0 Å². The number of fused-ring (bicyclic) bond motifs is 1. The van der Waals surface area contributed by atoms with Gasteiger partial charge in [-0.3, -0.25) is 0 Å². The molecule has 1 heterocycles. The van der Waals surface area contributed by atoms with Gasteiger partial charge >= 0.3 is 0 Å². The Hall–Kier alpha value is -0.540. The standard InChI is InChI=1S/C11H13BrO2/c1-11(2)10(13)6-7-5-8(12)3-4-9(7)14-11/h3-5,10,13H,6H2,1-2H3. The predicted octanol–water partition coefficient (Wildman–Crippen LogP) is 2.52. The topological polar surface area (TPSA) is 29.5 Å². The zero-order valence-corrected chi connectivity index (χ0v) is 9.84. The molecule has 3 heteroatoms. The van der Waals surface area contributed by atoms with Crippen LogP contribution in [0.15, 0.2) is 22.7 Å². The maximum absolute atomic E-state index is 9.83. The number of hydrogen-bond acceptors (Lipinski definition) is 2. The molecule has 1 N–H and O–H groups in total. The minimum Gasteiger partial charge on any atom is -0.485 e. The first-order valence-electron chi connectivity index (χ1n) is 4.64. The molecular formula is C11H13BrO2. The number of aliphatic hydroxyl groups is 1. The van der Waals surface area contributed by atoms with E-state index in [2.05, 4.69) is 15.9 Å². The maximum Gasteiger partial charge on any atom is 0.129 e. The van der Waals surface area contributed by atoms with Crippen LogP contribution in [0.5, 0.6) is 5.75 Å². The zero-order valence-electron chi connectivity index (χ0n) is 8.25. The zero-order chi connectivity index (χ0) is 10.3. The highest BCUT2D eigenvalue weighted by atomic mass is 79.9. The van der Waals surface area contributed by atoms with Gasteiger partial charge < -0.3 is 9.84 Å². The fourth-order valence-electron chi connectivity index (χ4n) is 1.61. The normalized spacial score (nSPS) is 23.9. The van der Waals surface area contributed by atoms with E-state index in [0.29, 0.717) is 6.42 Å². The first-order valence-corrected chi connectivity index (χ1v) is 5.44. The van der Waals surface area contributed by atoms with Crippen molar-refractivity contribution < 1.29 is 9.84 Å². The molecule has 14 heavy (non-hydrogen) atoms. The van der Waals surface area contributed by atoms with E-state index in [1.807, 2.05) is 32.0 Å². The number of rotatable bonds is 0. The van der Waals surface area contributed by atoms with Crippen molar-refractivity contribution in [2.24, 2.45) is 0 Å². The lowest BCUT2D eigenvalue weighted by atomic mass is 9.91. The second kappa shape index (κ2) is 3.24. The van der Waals surface area contributed by atoms with Crippen molar-refractivity contribution in [2.45, 2.75) is 32.0 Å². The van der Waals surface area contributed by atoms with Crippen LogP contribution in [0, 0.1) is 0 Å². The third-order valence-electron chi connectivity index (χ3n) is 2.61. The van der Waals surface area contributed by atoms with E-state index in [9.17, 15) is 5.11 Å². The van der Waals surface area contributed by atoms with Crippen LogP contribution in [0.1, 0.15) is 19.4 Å². The Morgan fingerprint density at radius 3 is 2.93 bits per heavy atom. The van der Waals surface area contributed by atoms with Gasteiger partial charge in [-0.05, 0) is 37.6 Å². The summed E-state index contributed by atoms with van der Waals surface area (Å²) in [6, 6.07) is 5.88. The summed E-state index contributed by atoms with van der Waals surface area (Å²) < 4.78 is 6.74. The second-order valence-electron chi connectivity index (χ2n) is 4.18. The van der Waals surface area contributed by atoms with Crippen LogP contribution in [0.4, 0.5) is 0 Å². The van der Waals surface area contributed by atoms with Gasteiger partial charge in [-0.25, -0.2) is 0 Å². The lowest BCUT2D eigenvalue weighted by Crippen LogP contribution is -2.46. The molecule has 1 unspecified atom stereocenters. The molecule has 0 bridgehead atoms. The summed E-state index contributed by atoms with van der Waals surface area (Å²) in [5, 5.41) is 9.83. The van der Waals surface area contributed by atoms with Crippen molar-refractivity contribution in [3.05, 3.63) is 28.2 Å². The summed E-state index contributed by atoms with van der Waals surface area (Å²) in [4.78, 5) is 0. The third-order valence-corrected chi connectivity index (χ3v) is 3.10. The number of benzene rings is 1. The highest BCUT2D eigenvalue weighted by Crippen LogP contribution is 2.34. The summed E-state index contributed by atoms with van der Waals surface area (Å²) >= 11 is 3.40. The Kier molecular flexibility index (Phi) is 2.32. The first kappa shape index (κ1) is 9.99. The van der Waals surface area contributed by atoms with E-state index >= 15 is 0 Å². The number of aliphatic hydroxyl groups excluding tert-OH is 1. The van der Waals surface area contributed by atoms with E-state index in [1.54, 1.807) is 0 Å². The van der Waals surface area contributed by atoms with Crippen molar-refractivity contribution in [3.8, 4) is 5.75 Å². The minimum atomic E-state index is -0.485. The molecule has 0 spiro atoms. The highest BCUT2D eigenvalue weighted by molar-refractivity contribution is 9.10. The van der Waals surface area contributed by atoms with Crippen LogP contribution in [0.2, 0.25) is 0 Å². The third kappa shape index (κ3) is 1.66. The molecule has 0 saturated heterocycles. The van der Waals surface area contributed by atoms with Crippen molar-refractivity contribution in [1.29, 1.82) is 0 Å². The molecule has 1 aromatic rings. The lowest BCUT2D eigenvalue weighted by molar-refractivity contribution is -0.0411. The SMILES string of the molecule is CC1(C)Oc2ccc(Br)cc2CC1O. The summed E-state index contributed by atoms with van der Waals surface area (Å²) in [6.45, 7) is 3.81. The van der Waals surface area contributed by atoms with Crippen LogP contribution < -0.4 is 4.74 Å². The van der Waals surface area contributed by atoms with Crippen molar-refractivity contribution in [3.63, 3.8) is 0 Å². The fraction of sp³-hybridized carbons (Fsp3) is 0.455. The quantitative estimate of drug-likeness (QED) is 0.773. The predicted molar refractivity (Wildman–Crippen MR) is 58.6 cm³/mol. The first-order chi connectivity index (χ1) is 6.49. The Morgan fingerprint density at radius 1 is 1.50 bits per heavy atom. The molecule has 0 radical (unpaired) electrons. The molecule has 2 rings (SSSR count). The average molecular weight is 257 g/mol. The Labute approximate surface area is 92.0 Å². The van der Waals surface area contributed by atoms with Crippen LogP contribution in [0.25, 0.3) is 0 Å². The van der Waals surface area contributed by atoms with Gasteiger partial charge in [-0.2, -0.15) is 0 Å². The van der Waals surface area contributed by atoms with E-state index < -0.39 is 11.7 Å². The van der Waals surface area contributed by atoms with Crippen molar-refractivity contribution >= 4 is 15.9 Å². The molecule has 2 nitrogen and oxygen atoms in total. The van der Waals surface area contributed by atoms with Gasteiger partial charge in [0.25, 0.3) is 0 Å². The number of halogens is 1. The molecule has 1 aliphatic rings. The van der Waals surface area contributed by atoms with Crippen LogP contribution >= 0.6 is 15.9 Å². The summed E-state index contributed by atoms with van der Waals surface area (Å²) in [5.41, 5.74) is 0.576. The smallest absolute Gasteiger partial charge is 0.129 e. The minimum absolute atomic E-state index is 0.440. The Balaban J connectivity index is 2.41. The van der Waals surface area contributed by atoms with Gasteiger partial charge in [0.05, 0.1) is 6.10 Å². The van der Waals surface area contributed by atoms with E-state index in [4.69, 9.17) is 4.74 Å². The molecule has 1 atom stereocenters. The van der Waals surface area contributed by atoms with Gasteiger partial charge in [0.1, 0.15) is 11.4 Å². The molecule has 0 fully saturated rings. The largest absolute Gasteiger partial charge is 0.485 e. The number of ether oxygens (including phenoxy) is 1. The van der Waals surface area contributed by atoms with Crippen molar-refractivity contribution in [1.82, 2.24) is 0 Å². The van der Waals surface area contributed by atoms with Crippen LogP contribution in [-0.4, -0.2) is 16.8 Å². The maximum atomic E-state index is 9.83.